The summed E-state index contributed by atoms with van der Waals surface area (Å²) in [5.41, 5.74) is 6.91. The number of para-hydroxylation sites is 5. The van der Waals surface area contributed by atoms with Gasteiger partial charge in [0.2, 0.25) is 0 Å². The largest absolute Gasteiger partial charge is 0.657 e. The van der Waals surface area contributed by atoms with E-state index in [2.05, 4.69) is 149 Å². The van der Waals surface area contributed by atoms with Crippen LogP contribution in [0.1, 0.15) is 0 Å². The number of nitrogens with zero attached hydrogens (tertiary/aromatic N) is 3. The Labute approximate surface area is 243 Å². The molecule has 1 aliphatic rings. The maximum absolute atomic E-state index is 4.67. The normalized spacial score (nSPS) is 12.2. The van der Waals surface area contributed by atoms with Gasteiger partial charge in [-0.1, -0.05) is 109 Å². The third-order valence-electron chi connectivity index (χ3n) is 7.02. The second-order valence-electron chi connectivity index (χ2n) is 9.33. The van der Waals surface area contributed by atoms with Crippen LogP contribution in [-0.4, -0.2) is 0 Å². The molecule has 0 N–H and O–H groups in total. The molecule has 1 aromatic heterocycles. The van der Waals surface area contributed by atoms with Gasteiger partial charge in [0.15, 0.2) is 0 Å². The predicted molar refractivity (Wildman–Crippen MR) is 160 cm³/mol. The summed E-state index contributed by atoms with van der Waals surface area (Å²) in [5.74, 6) is 0. The average Bonchev–Trinajstić information content (AvgIpc) is 3.58. The third kappa shape index (κ3) is 4.62. The van der Waals surface area contributed by atoms with Gasteiger partial charge in [-0.3, -0.25) is 0 Å². The first-order chi connectivity index (χ1) is 18.9. The van der Waals surface area contributed by atoms with E-state index in [4.69, 9.17) is 0 Å². The molecule has 0 unspecified atom stereocenters. The molecule has 1 aliphatic heterocycles. The zero-order chi connectivity index (χ0) is 25.3. The fourth-order valence-electron chi connectivity index (χ4n) is 5.25. The standard InChI is InChI=1S/C19H15N2.C16H10N.Au/c1-3-9-16(10-4-1)20-15-21(17-11-5-2-6-12-17)19-14-8-7-13-18(19)20;1-2-6-12-11(5-1)9-10-15-16(12)13-7-3-4-8-14(13)17-15;/h1-15H;1-10H;/q2*-1;. The predicted octanol–water partition coefficient (Wildman–Crippen LogP) is 9.20. The fraction of sp³-hybridized carbons (Fsp3) is 0. The Morgan fingerprint density at radius 3 is 1.59 bits per heavy atom. The van der Waals surface area contributed by atoms with Crippen LogP contribution in [0.5, 0.6) is 0 Å². The summed E-state index contributed by atoms with van der Waals surface area (Å²) in [4.78, 5) is 9.11. The van der Waals surface area contributed by atoms with Crippen molar-refractivity contribution in [3.8, 4) is 0 Å². The molecular formula is C35H25AuN3-2. The monoisotopic (exact) mass is 684 g/mol. The summed E-state index contributed by atoms with van der Waals surface area (Å²) in [5, 5.41) is 5.09. The number of fused-ring (bicyclic) bond motifs is 6. The Morgan fingerprint density at radius 1 is 0.436 bits per heavy atom. The molecule has 0 spiro atoms. The van der Waals surface area contributed by atoms with E-state index in [1.54, 1.807) is 0 Å². The molecule has 0 fully saturated rings. The maximum Gasteiger partial charge on any atom is 0.0345 e. The summed E-state index contributed by atoms with van der Waals surface area (Å²) in [6, 6.07) is 50.4. The quantitative estimate of drug-likeness (QED) is 0.134. The Morgan fingerprint density at radius 2 is 0.949 bits per heavy atom. The van der Waals surface area contributed by atoms with Crippen LogP contribution in [0, 0.1) is 6.67 Å². The van der Waals surface area contributed by atoms with E-state index in [1.807, 2.05) is 18.2 Å². The minimum atomic E-state index is 0. The van der Waals surface area contributed by atoms with E-state index in [0.29, 0.717) is 0 Å². The minimum Gasteiger partial charge on any atom is -0.657 e. The van der Waals surface area contributed by atoms with E-state index in [9.17, 15) is 0 Å². The van der Waals surface area contributed by atoms with Crippen LogP contribution in [0.4, 0.5) is 22.7 Å². The van der Waals surface area contributed by atoms with Crippen molar-refractivity contribution >= 4 is 55.3 Å². The third-order valence-corrected chi connectivity index (χ3v) is 7.02. The van der Waals surface area contributed by atoms with Crippen molar-refractivity contribution in [2.75, 3.05) is 9.80 Å². The van der Waals surface area contributed by atoms with Crippen molar-refractivity contribution in [1.29, 1.82) is 0 Å². The van der Waals surface area contributed by atoms with Crippen LogP contribution in [0.2, 0.25) is 0 Å². The molecule has 39 heavy (non-hydrogen) atoms. The number of aromatic nitrogens is 1. The van der Waals surface area contributed by atoms with Crippen molar-refractivity contribution in [2.45, 2.75) is 0 Å². The second-order valence-corrected chi connectivity index (χ2v) is 9.33. The Hall–Kier alpha value is -4.28. The molecule has 6 aromatic carbocycles. The van der Waals surface area contributed by atoms with Gasteiger partial charge in [-0.15, -0.1) is 17.7 Å². The van der Waals surface area contributed by atoms with Gasteiger partial charge < -0.3 is 14.8 Å². The van der Waals surface area contributed by atoms with Crippen LogP contribution in [0.25, 0.3) is 32.6 Å². The Kier molecular flexibility index (Phi) is 6.95. The summed E-state index contributed by atoms with van der Waals surface area (Å²) >= 11 is 0. The Bertz CT molecular complexity index is 1790. The smallest absolute Gasteiger partial charge is 0.0345 e. The van der Waals surface area contributed by atoms with E-state index in [1.165, 1.54) is 44.3 Å². The number of benzene rings is 6. The molecule has 1 radical (unpaired) electrons. The van der Waals surface area contributed by atoms with Crippen LogP contribution >= 0.6 is 0 Å². The minimum absolute atomic E-state index is 0. The van der Waals surface area contributed by atoms with Crippen LogP contribution in [-0.2, 0) is 22.4 Å². The van der Waals surface area contributed by atoms with Crippen molar-refractivity contribution in [3.63, 3.8) is 0 Å². The molecule has 0 atom stereocenters. The molecule has 0 aliphatic carbocycles. The molecule has 0 bridgehead atoms. The number of hydrogen-bond acceptors (Lipinski definition) is 2. The van der Waals surface area contributed by atoms with E-state index in [0.717, 1.165) is 11.0 Å². The Balaban J connectivity index is 0.000000141. The SMILES string of the molecule is [Au].c1ccc(N2[CH-]N(c3ccccc3)c3ccccc32)cc1.c1ccc2c(c1)ccc1[n-]c3ccccc3c12. The van der Waals surface area contributed by atoms with E-state index in [-0.39, 0.29) is 22.4 Å². The molecule has 0 amide bonds. The number of rotatable bonds is 2. The number of anilines is 4. The molecule has 193 valence electrons. The average molecular weight is 685 g/mol. The van der Waals surface area contributed by atoms with E-state index >= 15 is 0 Å². The van der Waals surface area contributed by atoms with Crippen molar-refractivity contribution in [1.82, 2.24) is 4.98 Å². The summed E-state index contributed by atoms with van der Waals surface area (Å²) in [6.07, 6.45) is 0. The van der Waals surface area contributed by atoms with Gasteiger partial charge in [0.05, 0.1) is 0 Å². The molecule has 8 rings (SSSR count). The molecule has 0 saturated carbocycles. The number of hydrogen-bond donors (Lipinski definition) is 0. The zero-order valence-corrected chi connectivity index (χ0v) is 23.2. The second kappa shape index (κ2) is 10.8. The molecule has 3 nitrogen and oxygen atoms in total. The van der Waals surface area contributed by atoms with Gasteiger partial charge in [-0.2, -0.15) is 0 Å². The molecule has 0 saturated heterocycles. The molecule has 7 aromatic rings. The molecule has 4 heteroatoms. The van der Waals surface area contributed by atoms with Crippen LogP contribution < -0.4 is 14.8 Å². The zero-order valence-electron chi connectivity index (χ0n) is 21.1. The van der Waals surface area contributed by atoms with Gasteiger partial charge in [-0.05, 0) is 57.9 Å². The maximum atomic E-state index is 4.67. The first kappa shape index (κ1) is 25.0. The van der Waals surface area contributed by atoms with Crippen molar-refractivity contribution < 1.29 is 22.4 Å². The first-order valence-corrected chi connectivity index (χ1v) is 12.8. The summed E-state index contributed by atoms with van der Waals surface area (Å²) < 4.78 is 0. The van der Waals surface area contributed by atoms with Crippen molar-refractivity contribution in [3.05, 3.63) is 152 Å². The summed E-state index contributed by atoms with van der Waals surface area (Å²) in [7, 11) is 0. The van der Waals surface area contributed by atoms with Gasteiger partial charge in [-0.25, -0.2) is 0 Å². The van der Waals surface area contributed by atoms with Crippen LogP contribution in [0.15, 0.2) is 146 Å². The first-order valence-electron chi connectivity index (χ1n) is 12.8. The van der Waals surface area contributed by atoms with E-state index < -0.39 is 0 Å². The van der Waals surface area contributed by atoms with Gasteiger partial charge in [0.25, 0.3) is 0 Å². The van der Waals surface area contributed by atoms with Crippen molar-refractivity contribution in [2.24, 2.45) is 0 Å². The van der Waals surface area contributed by atoms with Crippen LogP contribution in [0.3, 0.4) is 0 Å². The van der Waals surface area contributed by atoms with Gasteiger partial charge in [0, 0.05) is 45.1 Å². The van der Waals surface area contributed by atoms with Gasteiger partial charge >= 0.3 is 0 Å². The molecular weight excluding hydrogens is 659 g/mol. The molecule has 2 heterocycles. The summed E-state index contributed by atoms with van der Waals surface area (Å²) in [6.45, 7) is 2.15. The van der Waals surface area contributed by atoms with Gasteiger partial charge in [0.1, 0.15) is 0 Å². The topological polar surface area (TPSA) is 20.6 Å². The fourth-order valence-corrected chi connectivity index (χ4v) is 5.25.